The highest BCUT2D eigenvalue weighted by atomic mass is 16.7. The van der Waals surface area contributed by atoms with Crippen molar-refractivity contribution in [3.8, 4) is 0 Å². The molecule has 3 N–H and O–H groups in total. The number of hydrogen-bond acceptors (Lipinski definition) is 5. The number of carboxylic acid groups (broad SMARTS) is 2. The average Bonchev–Trinajstić information content (AvgIpc) is 2.83. The Morgan fingerprint density at radius 2 is 1.82 bits per heavy atom. The second-order valence-electron chi connectivity index (χ2n) is 5.38. The number of hydrogen-bond donors (Lipinski definition) is 3. The first-order chi connectivity index (χ1) is 10.5. The van der Waals surface area contributed by atoms with Crippen molar-refractivity contribution in [1.82, 2.24) is 5.06 Å². The SMILES string of the molecule is CCCCCCN1OC(C(=O)O)=C(C(=O)O)[C@H]1CCCCO. The molecule has 0 saturated heterocycles. The van der Waals surface area contributed by atoms with E-state index in [9.17, 15) is 14.7 Å². The van der Waals surface area contributed by atoms with Crippen molar-refractivity contribution in [2.24, 2.45) is 0 Å². The van der Waals surface area contributed by atoms with E-state index in [1.54, 1.807) is 0 Å². The Balaban J connectivity index is 2.79. The summed E-state index contributed by atoms with van der Waals surface area (Å²) < 4.78 is 0. The Hall–Kier alpha value is -1.60. The van der Waals surface area contributed by atoms with Gasteiger partial charge in [0.25, 0.3) is 0 Å². The Labute approximate surface area is 130 Å². The lowest BCUT2D eigenvalue weighted by atomic mass is 10.00. The molecule has 0 aromatic carbocycles. The molecule has 0 saturated carbocycles. The summed E-state index contributed by atoms with van der Waals surface area (Å²) in [5, 5.41) is 28.8. The van der Waals surface area contributed by atoms with Crippen molar-refractivity contribution in [3.05, 3.63) is 11.3 Å². The highest BCUT2D eigenvalue weighted by molar-refractivity contribution is 5.98. The predicted octanol–water partition coefficient (Wildman–Crippen LogP) is 1.77. The Morgan fingerprint density at radius 1 is 1.09 bits per heavy atom. The van der Waals surface area contributed by atoms with E-state index in [0.717, 1.165) is 25.7 Å². The van der Waals surface area contributed by atoms with E-state index in [1.165, 1.54) is 5.06 Å². The zero-order valence-electron chi connectivity index (χ0n) is 13.0. The standard InChI is InChI=1S/C15H25NO6/c1-2-3-4-6-9-16-11(8-5-7-10-17)12(14(18)19)13(22-16)15(20)21/h11,17H,2-10H2,1H3,(H,18,19)(H,20,21)/t11-/m1/s1. The molecule has 1 aliphatic rings. The molecule has 22 heavy (non-hydrogen) atoms. The van der Waals surface area contributed by atoms with Gasteiger partial charge in [-0.2, -0.15) is 0 Å². The fourth-order valence-corrected chi connectivity index (χ4v) is 2.55. The van der Waals surface area contributed by atoms with E-state index < -0.39 is 23.7 Å². The lowest BCUT2D eigenvalue weighted by Crippen LogP contribution is -2.33. The van der Waals surface area contributed by atoms with Crippen molar-refractivity contribution in [2.45, 2.75) is 57.9 Å². The maximum absolute atomic E-state index is 11.4. The second-order valence-corrected chi connectivity index (χ2v) is 5.38. The van der Waals surface area contributed by atoms with E-state index >= 15 is 0 Å². The van der Waals surface area contributed by atoms with Crippen molar-refractivity contribution in [3.63, 3.8) is 0 Å². The molecule has 1 heterocycles. The van der Waals surface area contributed by atoms with Gasteiger partial charge in [0.1, 0.15) is 5.57 Å². The molecule has 1 aliphatic heterocycles. The fraction of sp³-hybridized carbons (Fsp3) is 0.733. The highest BCUT2D eigenvalue weighted by Gasteiger charge is 2.41. The summed E-state index contributed by atoms with van der Waals surface area (Å²) in [6, 6.07) is -0.572. The normalized spacial score (nSPS) is 18.5. The Kier molecular flexibility index (Phi) is 7.90. The monoisotopic (exact) mass is 315 g/mol. The van der Waals surface area contributed by atoms with Gasteiger partial charge >= 0.3 is 11.9 Å². The van der Waals surface area contributed by atoms with Crippen LogP contribution in [0.5, 0.6) is 0 Å². The third-order valence-corrected chi connectivity index (χ3v) is 3.68. The molecule has 7 nitrogen and oxygen atoms in total. The van der Waals surface area contributed by atoms with E-state index in [2.05, 4.69) is 6.92 Å². The van der Waals surface area contributed by atoms with Crippen LogP contribution in [0.15, 0.2) is 11.3 Å². The molecular formula is C15H25NO6. The van der Waals surface area contributed by atoms with Gasteiger partial charge in [-0.05, 0) is 25.7 Å². The molecule has 126 valence electrons. The first kappa shape index (κ1) is 18.4. The molecule has 0 bridgehead atoms. The predicted molar refractivity (Wildman–Crippen MR) is 79.0 cm³/mol. The summed E-state index contributed by atoms with van der Waals surface area (Å²) in [7, 11) is 0. The molecule has 7 heteroatoms. The minimum atomic E-state index is -1.36. The number of aliphatic hydroxyl groups is 1. The minimum Gasteiger partial charge on any atom is -0.478 e. The summed E-state index contributed by atoms with van der Waals surface area (Å²) >= 11 is 0. The van der Waals surface area contributed by atoms with Crippen molar-refractivity contribution in [1.29, 1.82) is 0 Å². The highest BCUT2D eigenvalue weighted by Crippen LogP contribution is 2.30. The van der Waals surface area contributed by atoms with Gasteiger partial charge < -0.3 is 20.2 Å². The lowest BCUT2D eigenvalue weighted by Gasteiger charge is -2.23. The number of hydroxylamine groups is 2. The summed E-state index contributed by atoms with van der Waals surface area (Å²) in [5.74, 6) is -3.11. The van der Waals surface area contributed by atoms with E-state index in [4.69, 9.17) is 15.1 Å². The molecule has 0 spiro atoms. The van der Waals surface area contributed by atoms with Crippen LogP contribution in [-0.4, -0.2) is 51.5 Å². The number of rotatable bonds is 11. The van der Waals surface area contributed by atoms with Crippen molar-refractivity contribution >= 4 is 11.9 Å². The van der Waals surface area contributed by atoms with Crippen molar-refractivity contribution in [2.75, 3.05) is 13.2 Å². The summed E-state index contributed by atoms with van der Waals surface area (Å²) in [6.07, 6.45) is 5.59. The first-order valence-corrected chi connectivity index (χ1v) is 7.79. The summed E-state index contributed by atoms with van der Waals surface area (Å²) in [5.41, 5.74) is -0.194. The van der Waals surface area contributed by atoms with Crippen LogP contribution < -0.4 is 0 Å². The van der Waals surface area contributed by atoms with Crippen LogP contribution >= 0.6 is 0 Å². The maximum Gasteiger partial charge on any atom is 0.374 e. The number of carboxylic acids is 2. The maximum atomic E-state index is 11.4. The molecule has 1 rings (SSSR count). The number of carbonyl (C=O) groups is 2. The smallest absolute Gasteiger partial charge is 0.374 e. The van der Waals surface area contributed by atoms with Gasteiger partial charge in [-0.3, -0.25) is 0 Å². The van der Waals surface area contributed by atoms with Crippen LogP contribution in [0.3, 0.4) is 0 Å². The minimum absolute atomic E-state index is 0.0297. The molecule has 0 radical (unpaired) electrons. The third kappa shape index (κ3) is 4.99. The first-order valence-electron chi connectivity index (χ1n) is 7.79. The number of nitrogens with zero attached hydrogens (tertiary/aromatic N) is 1. The van der Waals surface area contributed by atoms with Crippen LogP contribution in [0, 0.1) is 0 Å². The zero-order valence-corrected chi connectivity index (χ0v) is 13.0. The van der Waals surface area contributed by atoms with Gasteiger partial charge in [0.15, 0.2) is 0 Å². The van der Waals surface area contributed by atoms with Gasteiger partial charge in [-0.25, -0.2) is 9.59 Å². The molecule has 1 atom stereocenters. The lowest BCUT2D eigenvalue weighted by molar-refractivity contribution is -0.155. The zero-order chi connectivity index (χ0) is 16.5. The van der Waals surface area contributed by atoms with Crippen LogP contribution in [0.25, 0.3) is 0 Å². The van der Waals surface area contributed by atoms with Gasteiger partial charge in [0, 0.05) is 13.2 Å². The third-order valence-electron chi connectivity index (χ3n) is 3.68. The molecule has 0 amide bonds. The molecular weight excluding hydrogens is 290 g/mol. The Morgan fingerprint density at radius 3 is 2.36 bits per heavy atom. The van der Waals surface area contributed by atoms with Gasteiger partial charge in [-0.15, -0.1) is 5.06 Å². The number of aliphatic carboxylic acids is 2. The number of unbranched alkanes of at least 4 members (excludes halogenated alkanes) is 4. The fourth-order valence-electron chi connectivity index (χ4n) is 2.55. The summed E-state index contributed by atoms with van der Waals surface area (Å²) in [6.45, 7) is 2.62. The second kappa shape index (κ2) is 9.42. The van der Waals surface area contributed by atoms with Crippen LogP contribution in [0.2, 0.25) is 0 Å². The molecule has 0 fully saturated rings. The van der Waals surface area contributed by atoms with Crippen LogP contribution in [0.1, 0.15) is 51.9 Å². The van der Waals surface area contributed by atoms with E-state index in [-0.39, 0.29) is 12.2 Å². The largest absolute Gasteiger partial charge is 0.478 e. The van der Waals surface area contributed by atoms with E-state index in [0.29, 0.717) is 25.8 Å². The van der Waals surface area contributed by atoms with Crippen molar-refractivity contribution < 1.29 is 29.7 Å². The molecule has 0 unspecified atom stereocenters. The molecule has 0 aromatic rings. The van der Waals surface area contributed by atoms with Gasteiger partial charge in [0.2, 0.25) is 5.76 Å². The average molecular weight is 315 g/mol. The Bertz CT molecular complexity index is 420. The molecule has 0 aromatic heterocycles. The van der Waals surface area contributed by atoms with Crippen LogP contribution in [0.4, 0.5) is 0 Å². The summed E-state index contributed by atoms with van der Waals surface area (Å²) in [4.78, 5) is 27.9. The quantitative estimate of drug-likeness (QED) is 0.499. The number of aliphatic hydroxyl groups excluding tert-OH is 1. The topological polar surface area (TPSA) is 107 Å². The molecule has 0 aliphatic carbocycles. The van der Waals surface area contributed by atoms with Gasteiger partial charge in [-0.1, -0.05) is 26.2 Å². The van der Waals surface area contributed by atoms with Crippen LogP contribution in [-0.2, 0) is 14.4 Å². The van der Waals surface area contributed by atoms with Gasteiger partial charge in [0.05, 0.1) is 6.04 Å². The van der Waals surface area contributed by atoms with E-state index in [1.807, 2.05) is 0 Å².